The molecule has 0 fully saturated rings. The number of rotatable bonds is 4. The van der Waals surface area contributed by atoms with Crippen LogP contribution in [0, 0.1) is 0 Å². The average Bonchev–Trinajstić information content (AvgIpc) is 2.75. The fraction of sp³-hybridized carbons (Fsp3) is 0.273. The lowest BCUT2D eigenvalue weighted by Gasteiger charge is -1.99. The van der Waals surface area contributed by atoms with Crippen LogP contribution in [-0.2, 0) is 11.5 Å². The minimum Gasteiger partial charge on any atom is -0.399 e. The summed E-state index contributed by atoms with van der Waals surface area (Å²) in [5.74, 6) is 0.659. The highest BCUT2D eigenvalue weighted by Gasteiger charge is 2.03. The first-order valence-electron chi connectivity index (χ1n) is 5.12. The number of hydrogen-bond acceptors (Lipinski definition) is 4. The maximum atomic E-state index is 5.70. The van der Waals surface area contributed by atoms with E-state index < -0.39 is 0 Å². The van der Waals surface area contributed by atoms with Crippen LogP contribution in [0.15, 0.2) is 30.6 Å². The third-order valence-electron chi connectivity index (χ3n) is 2.11. The second kappa shape index (κ2) is 4.76. The van der Waals surface area contributed by atoms with E-state index in [4.69, 9.17) is 10.5 Å². The molecule has 1 aromatic carbocycles. The van der Waals surface area contributed by atoms with Crippen LogP contribution in [0.2, 0.25) is 0 Å². The highest BCUT2D eigenvalue weighted by Crippen LogP contribution is 2.16. The van der Waals surface area contributed by atoms with Crippen LogP contribution in [0.4, 0.5) is 5.69 Å². The molecule has 0 aliphatic rings. The van der Waals surface area contributed by atoms with E-state index in [2.05, 4.69) is 10.1 Å². The summed E-state index contributed by atoms with van der Waals surface area (Å²) < 4.78 is 6.88. The van der Waals surface area contributed by atoms with Gasteiger partial charge in [0.05, 0.1) is 0 Å². The van der Waals surface area contributed by atoms with Gasteiger partial charge in [-0.05, 0) is 19.1 Å². The fourth-order valence-corrected chi connectivity index (χ4v) is 1.35. The van der Waals surface area contributed by atoms with E-state index in [9.17, 15) is 0 Å². The molecule has 0 amide bonds. The lowest BCUT2D eigenvalue weighted by Crippen LogP contribution is -2.02. The van der Waals surface area contributed by atoms with Crippen molar-refractivity contribution in [3.63, 3.8) is 0 Å². The van der Waals surface area contributed by atoms with Gasteiger partial charge in [-0.25, -0.2) is 9.67 Å². The van der Waals surface area contributed by atoms with Gasteiger partial charge in [0, 0.05) is 17.9 Å². The third-order valence-corrected chi connectivity index (χ3v) is 2.11. The van der Waals surface area contributed by atoms with Crippen molar-refractivity contribution in [1.29, 1.82) is 0 Å². The zero-order valence-corrected chi connectivity index (χ0v) is 9.13. The molecule has 0 bridgehead atoms. The van der Waals surface area contributed by atoms with E-state index in [0.29, 0.717) is 24.8 Å². The molecule has 0 spiro atoms. The van der Waals surface area contributed by atoms with Crippen molar-refractivity contribution in [2.45, 2.75) is 13.7 Å². The third kappa shape index (κ3) is 2.38. The number of anilines is 1. The van der Waals surface area contributed by atoms with E-state index in [1.54, 1.807) is 11.0 Å². The van der Waals surface area contributed by atoms with Gasteiger partial charge in [0.25, 0.3) is 0 Å². The highest BCUT2D eigenvalue weighted by atomic mass is 16.5. The maximum Gasteiger partial charge on any atom is 0.181 e. The lowest BCUT2D eigenvalue weighted by molar-refractivity contribution is 0.0791. The molecular weight excluding hydrogens is 204 g/mol. The largest absolute Gasteiger partial charge is 0.399 e. The molecule has 1 heterocycles. The zero-order chi connectivity index (χ0) is 11.4. The van der Waals surface area contributed by atoms with Crippen LogP contribution < -0.4 is 5.73 Å². The first-order valence-corrected chi connectivity index (χ1v) is 5.12. The smallest absolute Gasteiger partial charge is 0.181 e. The van der Waals surface area contributed by atoms with Crippen molar-refractivity contribution < 1.29 is 4.74 Å². The van der Waals surface area contributed by atoms with Crippen LogP contribution >= 0.6 is 0 Å². The summed E-state index contributed by atoms with van der Waals surface area (Å²) in [5.41, 5.74) is 7.32. The van der Waals surface area contributed by atoms with Crippen LogP contribution in [0.5, 0.6) is 0 Å². The lowest BCUT2D eigenvalue weighted by atomic mass is 10.2. The second-order valence-electron chi connectivity index (χ2n) is 3.36. The van der Waals surface area contributed by atoms with Crippen molar-refractivity contribution in [2.24, 2.45) is 0 Å². The molecule has 0 atom stereocenters. The summed E-state index contributed by atoms with van der Waals surface area (Å²) >= 11 is 0. The molecule has 2 N–H and O–H groups in total. The van der Waals surface area contributed by atoms with Gasteiger partial charge >= 0.3 is 0 Å². The van der Waals surface area contributed by atoms with Crippen molar-refractivity contribution in [1.82, 2.24) is 14.8 Å². The molecule has 0 unspecified atom stereocenters. The van der Waals surface area contributed by atoms with Gasteiger partial charge in [0.1, 0.15) is 13.1 Å². The monoisotopic (exact) mass is 218 g/mol. The van der Waals surface area contributed by atoms with Gasteiger partial charge in [-0.2, -0.15) is 0 Å². The fourth-order valence-electron chi connectivity index (χ4n) is 1.35. The molecule has 84 valence electrons. The van der Waals surface area contributed by atoms with E-state index in [0.717, 1.165) is 5.56 Å². The van der Waals surface area contributed by atoms with Crippen LogP contribution in [-0.4, -0.2) is 21.4 Å². The van der Waals surface area contributed by atoms with Gasteiger partial charge in [0.2, 0.25) is 0 Å². The Kier molecular flexibility index (Phi) is 3.16. The zero-order valence-electron chi connectivity index (χ0n) is 9.13. The van der Waals surface area contributed by atoms with Gasteiger partial charge in [-0.15, -0.1) is 5.10 Å². The summed E-state index contributed by atoms with van der Waals surface area (Å²) in [6.07, 6.45) is 1.65. The minimum atomic E-state index is 0.422. The van der Waals surface area contributed by atoms with Crippen LogP contribution in [0.3, 0.4) is 0 Å². The Morgan fingerprint density at radius 2 is 2.31 bits per heavy atom. The molecule has 0 radical (unpaired) electrons. The molecule has 0 saturated heterocycles. The molecule has 2 rings (SSSR count). The SMILES string of the molecule is CCOCn1cnc(-c2cccc(N)c2)n1. The molecule has 5 nitrogen and oxygen atoms in total. The van der Waals surface area contributed by atoms with E-state index in [-0.39, 0.29) is 0 Å². The van der Waals surface area contributed by atoms with E-state index >= 15 is 0 Å². The second-order valence-corrected chi connectivity index (χ2v) is 3.36. The first-order chi connectivity index (χ1) is 7.79. The Bertz CT molecular complexity index is 467. The number of nitrogen functional groups attached to an aromatic ring is 1. The summed E-state index contributed by atoms with van der Waals surface area (Å²) in [4.78, 5) is 4.20. The number of nitrogens with two attached hydrogens (primary N) is 1. The van der Waals surface area contributed by atoms with Crippen molar-refractivity contribution in [3.8, 4) is 11.4 Å². The molecule has 0 saturated carbocycles. The molecule has 1 aromatic heterocycles. The average molecular weight is 218 g/mol. The molecule has 2 aromatic rings. The minimum absolute atomic E-state index is 0.422. The van der Waals surface area contributed by atoms with Crippen molar-refractivity contribution >= 4 is 5.69 Å². The Balaban J connectivity index is 2.18. The summed E-state index contributed by atoms with van der Waals surface area (Å²) in [5, 5.41) is 4.28. The molecule has 0 aliphatic heterocycles. The van der Waals surface area contributed by atoms with Crippen LogP contribution in [0.25, 0.3) is 11.4 Å². The number of benzene rings is 1. The number of aromatic nitrogens is 3. The summed E-state index contributed by atoms with van der Waals surface area (Å²) in [7, 11) is 0. The highest BCUT2D eigenvalue weighted by molar-refractivity contribution is 5.60. The van der Waals surface area contributed by atoms with Crippen molar-refractivity contribution in [2.75, 3.05) is 12.3 Å². The predicted molar refractivity (Wildman–Crippen MR) is 61.5 cm³/mol. The standard InChI is InChI=1S/C11H14N4O/c1-2-16-8-15-7-13-11(14-15)9-4-3-5-10(12)6-9/h3-7H,2,8,12H2,1H3. The van der Waals surface area contributed by atoms with Gasteiger partial charge in [0.15, 0.2) is 5.82 Å². The predicted octanol–water partition coefficient (Wildman–Crippen LogP) is 1.52. The number of ether oxygens (including phenoxy) is 1. The van der Waals surface area contributed by atoms with Gasteiger partial charge in [-0.3, -0.25) is 0 Å². The van der Waals surface area contributed by atoms with Crippen molar-refractivity contribution in [3.05, 3.63) is 30.6 Å². The Labute approximate surface area is 93.9 Å². The molecular formula is C11H14N4O. The molecule has 16 heavy (non-hydrogen) atoms. The molecule has 5 heteroatoms. The number of nitrogens with zero attached hydrogens (tertiary/aromatic N) is 3. The Hall–Kier alpha value is -1.88. The van der Waals surface area contributed by atoms with E-state index in [1.807, 2.05) is 31.2 Å². The Morgan fingerprint density at radius 1 is 1.44 bits per heavy atom. The Morgan fingerprint density at radius 3 is 3.06 bits per heavy atom. The topological polar surface area (TPSA) is 66.0 Å². The van der Waals surface area contributed by atoms with Crippen LogP contribution in [0.1, 0.15) is 6.92 Å². The summed E-state index contributed by atoms with van der Waals surface area (Å²) in [6.45, 7) is 3.02. The van der Waals surface area contributed by atoms with Gasteiger partial charge in [-0.1, -0.05) is 12.1 Å². The summed E-state index contributed by atoms with van der Waals surface area (Å²) in [6, 6.07) is 7.49. The molecule has 0 aliphatic carbocycles. The quantitative estimate of drug-likeness (QED) is 0.790. The maximum absolute atomic E-state index is 5.70. The van der Waals surface area contributed by atoms with Gasteiger partial charge < -0.3 is 10.5 Å². The van der Waals surface area contributed by atoms with E-state index in [1.165, 1.54) is 0 Å². The first kappa shape index (κ1) is 10.6. The number of hydrogen-bond donors (Lipinski definition) is 1. The normalized spacial score (nSPS) is 10.6.